The van der Waals surface area contributed by atoms with E-state index in [0.717, 1.165) is 11.3 Å². The number of ether oxygens (including phenoxy) is 1. The number of benzene rings is 2. The Morgan fingerprint density at radius 2 is 2.00 bits per heavy atom. The maximum absolute atomic E-state index is 12.2. The number of nitrogens with zero attached hydrogens (tertiary/aromatic N) is 2. The van der Waals surface area contributed by atoms with Crippen molar-refractivity contribution in [1.82, 2.24) is 9.38 Å². The largest absolute Gasteiger partial charge is 0.457 e. The molecular formula is C22H19N3O3S2. The van der Waals surface area contributed by atoms with Gasteiger partial charge in [0.15, 0.2) is 4.96 Å². The zero-order valence-electron chi connectivity index (χ0n) is 16.2. The number of aryl methyl sites for hydroxylation is 1. The molecule has 0 radical (unpaired) electrons. The van der Waals surface area contributed by atoms with Crippen LogP contribution < -0.4 is 15.6 Å². The van der Waals surface area contributed by atoms with Crippen LogP contribution in [0.25, 0.3) is 4.96 Å². The lowest BCUT2D eigenvalue weighted by atomic mass is 10.2. The van der Waals surface area contributed by atoms with Gasteiger partial charge in [-0.25, -0.2) is 4.98 Å². The minimum atomic E-state index is -0.110. The Kier molecular flexibility index (Phi) is 6.15. The van der Waals surface area contributed by atoms with E-state index in [-0.39, 0.29) is 17.2 Å². The first-order chi connectivity index (χ1) is 14.6. The van der Waals surface area contributed by atoms with Crippen LogP contribution in [0.1, 0.15) is 11.3 Å². The van der Waals surface area contributed by atoms with E-state index in [9.17, 15) is 9.59 Å². The zero-order valence-corrected chi connectivity index (χ0v) is 17.8. The molecule has 0 bridgehead atoms. The van der Waals surface area contributed by atoms with Crippen molar-refractivity contribution >= 4 is 39.7 Å². The maximum Gasteiger partial charge on any atom is 0.258 e. The summed E-state index contributed by atoms with van der Waals surface area (Å²) in [6.45, 7) is 2.01. The summed E-state index contributed by atoms with van der Waals surface area (Å²) in [5.41, 5.74) is 2.41. The molecule has 2 aromatic heterocycles. The van der Waals surface area contributed by atoms with Gasteiger partial charge in [-0.15, -0.1) is 23.1 Å². The summed E-state index contributed by atoms with van der Waals surface area (Å²) in [7, 11) is 0. The quantitative estimate of drug-likeness (QED) is 0.453. The molecule has 152 valence electrons. The molecule has 0 unspecified atom stereocenters. The number of hydrogen-bond acceptors (Lipinski definition) is 6. The normalized spacial score (nSPS) is 10.8. The van der Waals surface area contributed by atoms with Crippen molar-refractivity contribution in [3.05, 3.63) is 87.8 Å². The first kappa shape index (κ1) is 20.2. The van der Waals surface area contributed by atoms with Crippen molar-refractivity contribution in [3.8, 4) is 11.5 Å². The van der Waals surface area contributed by atoms with Gasteiger partial charge in [0.25, 0.3) is 5.56 Å². The number of rotatable bonds is 7. The van der Waals surface area contributed by atoms with Crippen LogP contribution in [0.15, 0.2) is 71.0 Å². The molecule has 4 rings (SSSR count). The van der Waals surface area contributed by atoms with E-state index in [1.54, 1.807) is 18.3 Å². The fraction of sp³-hybridized carbons (Fsp3) is 0.136. The summed E-state index contributed by atoms with van der Waals surface area (Å²) >= 11 is 2.83. The monoisotopic (exact) mass is 437 g/mol. The van der Waals surface area contributed by atoms with Crippen molar-refractivity contribution < 1.29 is 9.53 Å². The first-order valence-electron chi connectivity index (χ1n) is 9.25. The zero-order chi connectivity index (χ0) is 20.9. The Morgan fingerprint density at radius 1 is 1.17 bits per heavy atom. The van der Waals surface area contributed by atoms with Crippen LogP contribution in [0.5, 0.6) is 11.5 Å². The van der Waals surface area contributed by atoms with Gasteiger partial charge >= 0.3 is 0 Å². The molecule has 0 saturated heterocycles. The molecule has 0 spiro atoms. The van der Waals surface area contributed by atoms with Crippen LogP contribution in [-0.4, -0.2) is 21.0 Å². The molecule has 30 heavy (non-hydrogen) atoms. The molecule has 0 atom stereocenters. The summed E-state index contributed by atoms with van der Waals surface area (Å²) < 4.78 is 7.33. The van der Waals surface area contributed by atoms with E-state index in [2.05, 4.69) is 10.3 Å². The number of thioether (sulfide) groups is 1. The standard InChI is InChI=1S/C22H19N3O3S2/c1-15-3-2-4-19(11-15)28-18-7-5-16(6-8-18)23-20(26)14-29-13-17-12-21(27)25-9-10-30-22(25)24-17/h2-12H,13-14H2,1H3,(H,23,26). The molecule has 2 aromatic carbocycles. The minimum Gasteiger partial charge on any atom is -0.457 e. The lowest BCUT2D eigenvalue weighted by Gasteiger charge is -2.08. The van der Waals surface area contributed by atoms with E-state index in [1.807, 2.05) is 48.7 Å². The Morgan fingerprint density at radius 3 is 2.80 bits per heavy atom. The van der Waals surface area contributed by atoms with E-state index < -0.39 is 0 Å². The van der Waals surface area contributed by atoms with Gasteiger partial charge < -0.3 is 10.1 Å². The number of amides is 1. The lowest BCUT2D eigenvalue weighted by molar-refractivity contribution is -0.113. The first-order valence-corrected chi connectivity index (χ1v) is 11.3. The van der Waals surface area contributed by atoms with E-state index in [4.69, 9.17) is 4.74 Å². The second-order valence-electron chi connectivity index (χ2n) is 6.63. The molecule has 8 heteroatoms. The van der Waals surface area contributed by atoms with Gasteiger partial charge in [-0.2, -0.15) is 0 Å². The Labute approximate surface area is 181 Å². The number of thiazole rings is 1. The molecule has 0 fully saturated rings. The van der Waals surface area contributed by atoms with Crippen LogP contribution in [0, 0.1) is 6.92 Å². The highest BCUT2D eigenvalue weighted by Gasteiger charge is 2.07. The second kappa shape index (κ2) is 9.15. The molecule has 4 aromatic rings. The van der Waals surface area contributed by atoms with Crippen LogP contribution >= 0.6 is 23.1 Å². The van der Waals surface area contributed by atoms with Crippen molar-refractivity contribution in [3.63, 3.8) is 0 Å². The lowest BCUT2D eigenvalue weighted by Crippen LogP contribution is -2.15. The molecule has 0 aliphatic carbocycles. The number of nitrogens with one attached hydrogen (secondary N) is 1. The smallest absolute Gasteiger partial charge is 0.258 e. The maximum atomic E-state index is 12.2. The average Bonchev–Trinajstić information content (AvgIpc) is 3.19. The van der Waals surface area contributed by atoms with Crippen molar-refractivity contribution in [2.75, 3.05) is 11.1 Å². The van der Waals surface area contributed by atoms with Crippen LogP contribution in [0.2, 0.25) is 0 Å². The predicted molar refractivity (Wildman–Crippen MR) is 122 cm³/mol. The molecule has 0 aliphatic heterocycles. The topological polar surface area (TPSA) is 72.7 Å². The fourth-order valence-corrected chi connectivity index (χ4v) is 4.28. The SMILES string of the molecule is Cc1cccc(Oc2ccc(NC(=O)CSCc3cc(=O)n4ccsc4n3)cc2)c1. The van der Waals surface area contributed by atoms with Gasteiger partial charge in [-0.1, -0.05) is 12.1 Å². The third-order valence-electron chi connectivity index (χ3n) is 4.20. The van der Waals surface area contributed by atoms with Gasteiger partial charge in [0.1, 0.15) is 11.5 Å². The van der Waals surface area contributed by atoms with E-state index in [0.29, 0.717) is 27.8 Å². The molecule has 6 nitrogen and oxygen atoms in total. The van der Waals surface area contributed by atoms with E-state index >= 15 is 0 Å². The highest BCUT2D eigenvalue weighted by Crippen LogP contribution is 2.24. The van der Waals surface area contributed by atoms with Gasteiger partial charge in [0, 0.05) is 29.1 Å². The van der Waals surface area contributed by atoms with E-state index in [1.165, 1.54) is 33.6 Å². The number of anilines is 1. The third kappa shape index (κ3) is 5.08. The number of carbonyl (C=O) groups is 1. The summed E-state index contributed by atoms with van der Waals surface area (Å²) in [4.78, 5) is 29.3. The molecule has 1 N–H and O–H groups in total. The molecule has 2 heterocycles. The molecule has 1 amide bonds. The van der Waals surface area contributed by atoms with Crippen molar-refractivity contribution in [2.24, 2.45) is 0 Å². The third-order valence-corrected chi connectivity index (χ3v) is 5.93. The average molecular weight is 438 g/mol. The molecule has 0 aliphatic rings. The Hall–Kier alpha value is -3.10. The van der Waals surface area contributed by atoms with Gasteiger partial charge in [-0.05, 0) is 48.9 Å². The summed E-state index contributed by atoms with van der Waals surface area (Å²) in [6.07, 6.45) is 1.71. The summed E-state index contributed by atoms with van der Waals surface area (Å²) in [5, 5.41) is 4.69. The Balaban J connectivity index is 1.27. The molecule has 0 saturated carbocycles. The minimum absolute atomic E-state index is 0.103. The fourth-order valence-electron chi connectivity index (χ4n) is 2.83. The number of aromatic nitrogens is 2. The number of fused-ring (bicyclic) bond motifs is 1. The van der Waals surface area contributed by atoms with Gasteiger partial charge in [-0.3, -0.25) is 14.0 Å². The van der Waals surface area contributed by atoms with Gasteiger partial charge in [0.05, 0.1) is 11.4 Å². The second-order valence-corrected chi connectivity index (χ2v) is 8.48. The highest BCUT2D eigenvalue weighted by molar-refractivity contribution is 7.99. The van der Waals surface area contributed by atoms with Gasteiger partial charge in [0.2, 0.25) is 5.91 Å². The Bertz CT molecular complexity index is 1230. The highest BCUT2D eigenvalue weighted by atomic mass is 32.2. The number of carbonyl (C=O) groups excluding carboxylic acids is 1. The van der Waals surface area contributed by atoms with Crippen LogP contribution in [-0.2, 0) is 10.5 Å². The van der Waals surface area contributed by atoms with Crippen LogP contribution in [0.4, 0.5) is 5.69 Å². The predicted octanol–water partition coefficient (Wildman–Crippen LogP) is 4.73. The molecular weight excluding hydrogens is 418 g/mol. The van der Waals surface area contributed by atoms with Crippen molar-refractivity contribution in [2.45, 2.75) is 12.7 Å². The van der Waals surface area contributed by atoms with Crippen molar-refractivity contribution in [1.29, 1.82) is 0 Å². The summed E-state index contributed by atoms with van der Waals surface area (Å²) in [6, 6.07) is 16.6. The van der Waals surface area contributed by atoms with Crippen LogP contribution in [0.3, 0.4) is 0 Å². The summed E-state index contributed by atoms with van der Waals surface area (Å²) in [5.74, 6) is 2.14. The number of hydrogen-bond donors (Lipinski definition) is 1.